The summed E-state index contributed by atoms with van der Waals surface area (Å²) in [7, 11) is 9.01. The van der Waals surface area contributed by atoms with Crippen molar-refractivity contribution in [3.63, 3.8) is 0 Å². The van der Waals surface area contributed by atoms with E-state index in [1.165, 1.54) is 50.5 Å². The molecule has 6 aromatic carbocycles. The van der Waals surface area contributed by atoms with E-state index in [0.717, 1.165) is 106 Å². The van der Waals surface area contributed by atoms with E-state index >= 15 is 0 Å². The number of fused-ring (bicyclic) bond motifs is 3. The number of carbonyl (C=O) groups is 2. The number of halogens is 3. The minimum atomic E-state index is -0.937. The molecule has 3 aliphatic rings. The largest absolute Gasteiger partial charge is 0.513 e. The Hall–Kier alpha value is -13.0. The predicted molar refractivity (Wildman–Crippen MR) is 406 cm³/mol. The third-order valence-corrected chi connectivity index (χ3v) is 19.7. The molecule has 2 amide bonds. The number of pyridine rings is 3. The Kier molecular flexibility index (Phi) is 22.9. The van der Waals surface area contributed by atoms with Gasteiger partial charge < -0.3 is 68.4 Å². The van der Waals surface area contributed by atoms with Crippen molar-refractivity contribution in [2.24, 2.45) is 11.7 Å². The van der Waals surface area contributed by atoms with Crippen LogP contribution in [-0.2, 0) is 4.79 Å². The molecule has 4 N–H and O–H groups in total. The van der Waals surface area contributed by atoms with Crippen molar-refractivity contribution in [2.75, 3.05) is 68.8 Å². The lowest BCUT2D eigenvalue weighted by atomic mass is 9.85. The van der Waals surface area contributed by atoms with Gasteiger partial charge >= 0.3 is 6.09 Å². The first-order chi connectivity index (χ1) is 53.4. The van der Waals surface area contributed by atoms with Gasteiger partial charge in [0.05, 0.1) is 107 Å². The molecule has 1 aliphatic carbocycles. The van der Waals surface area contributed by atoms with Crippen molar-refractivity contribution in [3.05, 3.63) is 207 Å². The average molecular weight is 1500 g/mol. The second kappa shape index (κ2) is 33.4. The minimum absolute atomic E-state index is 0.0228. The van der Waals surface area contributed by atoms with E-state index in [2.05, 4.69) is 28.1 Å². The number of ether oxygens (including phenoxy) is 9. The van der Waals surface area contributed by atoms with E-state index < -0.39 is 23.5 Å². The summed E-state index contributed by atoms with van der Waals surface area (Å²) in [5.41, 5.74) is 12.8. The van der Waals surface area contributed by atoms with Gasteiger partial charge in [-0.3, -0.25) is 33.8 Å². The summed E-state index contributed by atoms with van der Waals surface area (Å²) in [6.07, 6.45) is 16.0. The molecule has 2 saturated heterocycles. The molecule has 0 spiro atoms. The number of aromatic nitrogens is 9. The molecule has 6 aromatic heterocycles. The number of amides is 2. The molecule has 1 saturated carbocycles. The first kappa shape index (κ1) is 75.2. The van der Waals surface area contributed by atoms with Gasteiger partial charge in [-0.1, -0.05) is 31.4 Å². The number of carboxylic acid groups (broad SMARTS) is 1. The maximum Gasteiger partial charge on any atom is 0.407 e. The highest BCUT2D eigenvalue weighted by atomic mass is 19.1. The lowest BCUT2D eigenvalue weighted by Crippen LogP contribution is -2.42. The molecule has 28 heteroatoms. The molecule has 12 aromatic rings. The topological polar surface area (TPSA) is 282 Å². The Labute approximate surface area is 631 Å². The predicted octanol–water partition coefficient (Wildman–Crippen LogP) is 16.9. The Balaban J connectivity index is 0.000000145. The van der Waals surface area contributed by atoms with Gasteiger partial charge in [-0.05, 0) is 161 Å². The second-order valence-electron chi connectivity index (χ2n) is 26.4. The molecule has 3 fully saturated rings. The summed E-state index contributed by atoms with van der Waals surface area (Å²) < 4.78 is 98.5. The van der Waals surface area contributed by atoms with Gasteiger partial charge in [0, 0.05) is 67.4 Å². The van der Waals surface area contributed by atoms with Gasteiger partial charge in [-0.25, -0.2) is 4.79 Å². The van der Waals surface area contributed by atoms with E-state index in [4.69, 9.17) is 63.7 Å². The maximum absolute atomic E-state index is 14.5. The van der Waals surface area contributed by atoms with E-state index in [1.807, 2.05) is 50.4 Å². The van der Waals surface area contributed by atoms with Crippen LogP contribution in [0.3, 0.4) is 0 Å². The van der Waals surface area contributed by atoms with Crippen LogP contribution >= 0.6 is 0 Å². The van der Waals surface area contributed by atoms with Crippen LogP contribution in [0.2, 0.25) is 0 Å². The minimum Gasteiger partial charge on any atom is -0.513 e. The van der Waals surface area contributed by atoms with Gasteiger partial charge in [0.25, 0.3) is 5.91 Å². The zero-order valence-electron chi connectivity index (χ0n) is 61.3. The van der Waals surface area contributed by atoms with Gasteiger partial charge in [-0.2, -0.15) is 28.5 Å². The first-order valence-corrected chi connectivity index (χ1v) is 35.5. The number of likely N-dealkylation sites (tertiary alicyclic amines) is 2. The molecule has 2 atom stereocenters. The van der Waals surface area contributed by atoms with Crippen molar-refractivity contribution in [1.82, 2.24) is 54.1 Å². The highest BCUT2D eigenvalue weighted by molar-refractivity contribution is 5.98. The number of aliphatic hydroxyl groups is 1. The van der Waals surface area contributed by atoms with Crippen LogP contribution < -0.4 is 48.4 Å². The fourth-order valence-electron chi connectivity index (χ4n) is 14.2. The summed E-state index contributed by atoms with van der Waals surface area (Å²) >= 11 is 0. The van der Waals surface area contributed by atoms with Crippen LogP contribution in [0.4, 0.5) is 18.0 Å². The number of nitrogens with two attached hydrogens (primary N) is 1. The molecule has 0 bridgehead atoms. The van der Waals surface area contributed by atoms with E-state index in [1.54, 1.807) is 130 Å². The number of methoxy groups -OCH3 is 6. The quantitative estimate of drug-likeness (QED) is 0.0472. The van der Waals surface area contributed by atoms with Crippen LogP contribution in [0.5, 0.6) is 69.0 Å². The Bertz CT molecular complexity index is 5340. The number of hydrogen-bond acceptors (Lipinski definition) is 19. The Morgan fingerprint density at radius 2 is 0.736 bits per heavy atom. The van der Waals surface area contributed by atoms with Crippen molar-refractivity contribution in [2.45, 2.75) is 69.5 Å². The zero-order chi connectivity index (χ0) is 77.3. The number of aliphatic hydroxyl groups excluding tert-OH is 1. The molecule has 15 rings (SSSR count). The number of nitrogens with zero attached hydrogens (tertiary/aromatic N) is 11. The van der Waals surface area contributed by atoms with Gasteiger partial charge in [0.15, 0.2) is 51.7 Å². The van der Waals surface area contributed by atoms with Crippen molar-refractivity contribution < 1.29 is 75.6 Å². The molecule has 110 heavy (non-hydrogen) atoms. The normalized spacial score (nSPS) is 16.2. The van der Waals surface area contributed by atoms with Gasteiger partial charge in [0.1, 0.15) is 50.9 Å². The summed E-state index contributed by atoms with van der Waals surface area (Å²) in [5, 5.41) is 36.7. The van der Waals surface area contributed by atoms with E-state index in [-0.39, 0.29) is 75.9 Å². The molecule has 25 nitrogen and oxygen atoms in total. The Morgan fingerprint density at radius 3 is 1.05 bits per heavy atom. The molecule has 568 valence electrons. The second-order valence-corrected chi connectivity index (χ2v) is 26.4. The zero-order valence-corrected chi connectivity index (χ0v) is 61.3. The van der Waals surface area contributed by atoms with Crippen LogP contribution in [0, 0.1) is 23.4 Å². The van der Waals surface area contributed by atoms with Gasteiger partial charge in [-0.15, -0.1) is 0 Å². The third-order valence-electron chi connectivity index (χ3n) is 19.7. The van der Waals surface area contributed by atoms with Crippen molar-refractivity contribution >= 4 is 44.7 Å². The third kappa shape index (κ3) is 15.7. The molecule has 8 heterocycles. The van der Waals surface area contributed by atoms with Crippen LogP contribution in [0.25, 0.3) is 66.5 Å². The van der Waals surface area contributed by atoms with Crippen LogP contribution in [0.1, 0.15) is 69.5 Å². The number of hydrogen-bond donors (Lipinski definition) is 3. The smallest absolute Gasteiger partial charge is 0.407 e. The fourth-order valence-corrected chi connectivity index (χ4v) is 14.2. The number of allylic oxidation sites excluding steroid dienone is 1. The van der Waals surface area contributed by atoms with Crippen LogP contribution in [-0.4, -0.2) is 145 Å². The van der Waals surface area contributed by atoms with Gasteiger partial charge in [0.2, 0.25) is 17.5 Å². The summed E-state index contributed by atoms with van der Waals surface area (Å²) in [5.74, 6) is 2.21. The number of benzene rings is 6. The monoisotopic (exact) mass is 1500 g/mol. The molecule has 2 aliphatic heterocycles. The molecular weight excluding hydrogens is 1420 g/mol. The summed E-state index contributed by atoms with van der Waals surface area (Å²) in [6.45, 7) is 9.23. The first-order valence-electron chi connectivity index (χ1n) is 35.5. The molecular formula is C82H81F3N12O13. The summed E-state index contributed by atoms with van der Waals surface area (Å²) in [4.78, 5) is 40.2. The number of rotatable bonds is 20. The molecule has 2 unspecified atom stereocenters. The summed E-state index contributed by atoms with van der Waals surface area (Å²) in [6, 6.07) is 35.9. The lowest BCUT2D eigenvalue weighted by Gasteiger charge is -2.33. The number of carbonyl (C=O) groups excluding carboxylic acids is 1. The SMILES string of the molecule is C=C(N)C(=O)N1CCCC(n2nc(-c3ccc(Oc4cccc(OC)c4F)cc3)c3cncc(OC)c32)C1.C=C(O)C1CCC(n2nc(-c3ccc(Oc4cccc(OC)c4F)cc3)c3cncc(OC)c32)CC1.COc1cccc(Oc2ccc(-c3nn(C4CCCN(C(=O)O)C4)c4c(OC)cncc34)cc2)c1F. The van der Waals surface area contributed by atoms with Crippen LogP contribution in [0.15, 0.2) is 189 Å². The van der Waals surface area contributed by atoms with E-state index in [9.17, 15) is 33.0 Å². The number of piperidine rings is 2. The van der Waals surface area contributed by atoms with E-state index in [0.29, 0.717) is 72.1 Å². The Morgan fingerprint density at radius 1 is 0.418 bits per heavy atom. The lowest BCUT2D eigenvalue weighted by molar-refractivity contribution is -0.128. The van der Waals surface area contributed by atoms with Crippen molar-refractivity contribution in [1.29, 1.82) is 0 Å². The average Bonchev–Trinajstić information content (AvgIpc) is 1.62. The fraction of sp³-hybridized carbons (Fsp3) is 0.268. The highest BCUT2D eigenvalue weighted by Crippen LogP contribution is 2.44. The standard InChI is InChI=1S/C28H28FN5O4.C28H28FN3O4.C26H25FN4O5/c1-17(30)28(35)33-13-5-6-19(16-33)34-27-21(14-31-15-24(27)37-3)26(32-34)18-9-11-20(12-10-18)38-23-8-4-7-22(36-2)25(23)29;1-17(33)18-7-11-20(12-8-18)32-28-22(15-30-16-25(28)35-3)27(31-32)19-9-13-21(14-10-19)36-24-6-4-5-23(34-2)26(24)29;1-34-20-6-3-7-21(23(20)27)36-18-10-8-16(9-11-18)24-19-13-28-14-22(35-2)25(19)31(29-24)17-5-4-12-30(15-17)26(32)33/h4,7-12,14-15,19H,1,5-6,13,16,30H2,2-3H3;4-6,9-10,13-16,18,20,33H,1,7-8,11-12H2,2-3H3;3,6-11,13-14,17H,4-5,12,15H2,1-2H3,(H,32,33). The highest BCUT2D eigenvalue weighted by Gasteiger charge is 2.33. The van der Waals surface area contributed by atoms with Crippen molar-refractivity contribution in [3.8, 4) is 103 Å². The molecule has 0 radical (unpaired) electrons. The maximum atomic E-state index is 14.5.